The highest BCUT2D eigenvalue weighted by molar-refractivity contribution is 7.13. The molecule has 4 heterocycles. The number of nitrogens with one attached hydrogen (secondary N) is 1. The molecule has 1 amide bonds. The second-order valence-corrected chi connectivity index (χ2v) is 7.15. The smallest absolute Gasteiger partial charge is 0.261 e. The van der Waals surface area contributed by atoms with Crippen LogP contribution >= 0.6 is 11.3 Å². The van der Waals surface area contributed by atoms with Gasteiger partial charge in [-0.2, -0.15) is 0 Å². The van der Waals surface area contributed by atoms with E-state index in [1.54, 1.807) is 0 Å². The number of fused-ring (bicyclic) bond motifs is 1. The van der Waals surface area contributed by atoms with Crippen LogP contribution in [0.2, 0.25) is 0 Å². The molecule has 1 saturated heterocycles. The standard InChI is InChI=1S/C15H17N7OS/c1-10-2-3-12(24-10)15(23)16-11-6-8-21(9-7-11)14-5-4-13-17-19-20-22(13)18-14/h2-5,11H,6-9H2,1H3,(H,16,23). The van der Waals surface area contributed by atoms with Crippen molar-refractivity contribution in [2.75, 3.05) is 18.0 Å². The van der Waals surface area contributed by atoms with Crippen molar-refractivity contribution in [3.8, 4) is 0 Å². The van der Waals surface area contributed by atoms with E-state index in [9.17, 15) is 4.79 Å². The minimum absolute atomic E-state index is 0.0276. The number of piperidine rings is 1. The van der Waals surface area contributed by atoms with Crippen LogP contribution in [-0.2, 0) is 0 Å². The maximum Gasteiger partial charge on any atom is 0.261 e. The van der Waals surface area contributed by atoms with Gasteiger partial charge in [0, 0.05) is 24.0 Å². The lowest BCUT2D eigenvalue weighted by molar-refractivity contribution is 0.0935. The molecule has 3 aromatic heterocycles. The molecule has 124 valence electrons. The van der Waals surface area contributed by atoms with Gasteiger partial charge in [-0.15, -0.1) is 26.2 Å². The van der Waals surface area contributed by atoms with Crippen molar-refractivity contribution >= 4 is 28.7 Å². The Balaban J connectivity index is 1.37. The molecule has 3 aromatic rings. The van der Waals surface area contributed by atoms with Crippen LogP contribution in [0.5, 0.6) is 0 Å². The highest BCUT2D eigenvalue weighted by atomic mass is 32.1. The molecule has 4 rings (SSSR count). The van der Waals surface area contributed by atoms with Gasteiger partial charge in [0.1, 0.15) is 0 Å². The summed E-state index contributed by atoms with van der Waals surface area (Å²) in [5, 5.41) is 18.8. The first-order valence-electron chi connectivity index (χ1n) is 7.87. The number of thiophene rings is 1. The zero-order valence-electron chi connectivity index (χ0n) is 13.2. The number of aromatic nitrogens is 5. The van der Waals surface area contributed by atoms with Crippen molar-refractivity contribution in [3.05, 3.63) is 34.0 Å². The van der Waals surface area contributed by atoms with Gasteiger partial charge in [0.25, 0.3) is 5.91 Å². The molecule has 24 heavy (non-hydrogen) atoms. The lowest BCUT2D eigenvalue weighted by atomic mass is 10.0. The van der Waals surface area contributed by atoms with Crippen molar-refractivity contribution < 1.29 is 4.79 Å². The summed E-state index contributed by atoms with van der Waals surface area (Å²) in [7, 11) is 0. The van der Waals surface area contributed by atoms with Crippen molar-refractivity contribution in [2.45, 2.75) is 25.8 Å². The van der Waals surface area contributed by atoms with E-state index in [1.807, 2.05) is 31.2 Å². The SMILES string of the molecule is Cc1ccc(C(=O)NC2CCN(c3ccc4nnnn4n3)CC2)s1. The van der Waals surface area contributed by atoms with E-state index >= 15 is 0 Å². The number of hydrogen-bond donors (Lipinski definition) is 1. The molecule has 1 aliphatic rings. The molecule has 0 aromatic carbocycles. The van der Waals surface area contributed by atoms with Crippen molar-refractivity contribution in [2.24, 2.45) is 0 Å². The van der Waals surface area contributed by atoms with Gasteiger partial charge < -0.3 is 10.2 Å². The molecule has 9 heteroatoms. The summed E-state index contributed by atoms with van der Waals surface area (Å²) in [6.07, 6.45) is 1.79. The van der Waals surface area contributed by atoms with Crippen LogP contribution < -0.4 is 10.2 Å². The van der Waals surface area contributed by atoms with E-state index in [-0.39, 0.29) is 11.9 Å². The highest BCUT2D eigenvalue weighted by Crippen LogP contribution is 2.19. The maximum absolute atomic E-state index is 12.2. The number of tetrazole rings is 1. The zero-order valence-corrected chi connectivity index (χ0v) is 14.0. The number of anilines is 1. The first kappa shape index (κ1) is 15.0. The lowest BCUT2D eigenvalue weighted by Crippen LogP contribution is -2.44. The van der Waals surface area contributed by atoms with Crippen LogP contribution in [-0.4, -0.2) is 50.3 Å². The third-order valence-corrected chi connectivity index (χ3v) is 5.17. The number of amides is 1. The topological polar surface area (TPSA) is 88.3 Å². The van der Waals surface area contributed by atoms with E-state index in [1.165, 1.54) is 16.0 Å². The third kappa shape index (κ3) is 2.94. The van der Waals surface area contributed by atoms with Gasteiger partial charge in [0.05, 0.1) is 4.88 Å². The Kier molecular flexibility index (Phi) is 3.85. The van der Waals surface area contributed by atoms with Crippen LogP contribution in [0.1, 0.15) is 27.4 Å². The quantitative estimate of drug-likeness (QED) is 0.771. The predicted molar refractivity (Wildman–Crippen MR) is 90.3 cm³/mol. The van der Waals surface area contributed by atoms with Crippen LogP contribution in [0.3, 0.4) is 0 Å². The van der Waals surface area contributed by atoms with Gasteiger partial charge in [0.15, 0.2) is 11.5 Å². The molecule has 8 nitrogen and oxygen atoms in total. The van der Waals surface area contributed by atoms with Gasteiger partial charge in [0.2, 0.25) is 0 Å². The maximum atomic E-state index is 12.2. The van der Waals surface area contributed by atoms with Gasteiger partial charge in [-0.25, -0.2) is 0 Å². The number of aryl methyl sites for hydroxylation is 1. The molecule has 1 fully saturated rings. The average Bonchev–Trinajstić information content (AvgIpc) is 3.23. The fraction of sp³-hybridized carbons (Fsp3) is 0.400. The Labute approximate surface area is 142 Å². The largest absolute Gasteiger partial charge is 0.355 e. The van der Waals surface area contributed by atoms with Gasteiger partial charge in [-0.05, 0) is 54.5 Å². The summed E-state index contributed by atoms with van der Waals surface area (Å²) in [6, 6.07) is 7.85. The first-order chi connectivity index (χ1) is 11.7. The van der Waals surface area contributed by atoms with E-state index in [0.717, 1.165) is 41.5 Å². The van der Waals surface area contributed by atoms with Gasteiger partial charge >= 0.3 is 0 Å². The van der Waals surface area contributed by atoms with Crippen LogP contribution in [0.4, 0.5) is 5.82 Å². The molecule has 0 bridgehead atoms. The summed E-state index contributed by atoms with van der Waals surface area (Å²) >= 11 is 1.53. The highest BCUT2D eigenvalue weighted by Gasteiger charge is 2.22. The fourth-order valence-electron chi connectivity index (χ4n) is 2.87. The van der Waals surface area contributed by atoms with Gasteiger partial charge in [-0.1, -0.05) is 0 Å². The molecular formula is C15H17N7OS. The summed E-state index contributed by atoms with van der Waals surface area (Å²) in [6.45, 7) is 3.69. The van der Waals surface area contributed by atoms with E-state index in [2.05, 4.69) is 30.8 Å². The van der Waals surface area contributed by atoms with Crippen LogP contribution in [0.25, 0.3) is 5.65 Å². The number of carbonyl (C=O) groups is 1. The van der Waals surface area contributed by atoms with Crippen molar-refractivity contribution in [3.63, 3.8) is 0 Å². The second kappa shape index (κ2) is 6.16. The molecule has 0 unspecified atom stereocenters. The normalized spacial score (nSPS) is 15.8. The Hall–Kier alpha value is -2.55. The van der Waals surface area contributed by atoms with Gasteiger partial charge in [-0.3, -0.25) is 4.79 Å². The Morgan fingerprint density at radius 2 is 2.08 bits per heavy atom. The monoisotopic (exact) mass is 343 g/mol. The minimum Gasteiger partial charge on any atom is -0.355 e. The molecular weight excluding hydrogens is 326 g/mol. The second-order valence-electron chi connectivity index (χ2n) is 5.86. The van der Waals surface area contributed by atoms with Crippen LogP contribution in [0, 0.1) is 6.92 Å². The van der Waals surface area contributed by atoms with E-state index < -0.39 is 0 Å². The molecule has 0 aliphatic carbocycles. The molecule has 0 atom stereocenters. The zero-order chi connectivity index (χ0) is 16.5. The van der Waals surface area contributed by atoms with E-state index in [4.69, 9.17) is 0 Å². The Morgan fingerprint density at radius 3 is 2.83 bits per heavy atom. The number of nitrogens with zero attached hydrogens (tertiary/aromatic N) is 6. The summed E-state index contributed by atoms with van der Waals surface area (Å²) in [4.78, 5) is 16.4. The van der Waals surface area contributed by atoms with E-state index in [0.29, 0.717) is 5.65 Å². The minimum atomic E-state index is 0.0276. The summed E-state index contributed by atoms with van der Waals surface area (Å²) < 4.78 is 1.43. The number of carbonyl (C=O) groups excluding carboxylic acids is 1. The Bertz CT molecular complexity index is 865. The summed E-state index contributed by atoms with van der Waals surface area (Å²) in [5.74, 6) is 0.883. The number of hydrogen-bond acceptors (Lipinski definition) is 7. The van der Waals surface area contributed by atoms with Crippen molar-refractivity contribution in [1.82, 2.24) is 30.6 Å². The molecule has 1 aliphatic heterocycles. The average molecular weight is 343 g/mol. The van der Waals surface area contributed by atoms with Crippen molar-refractivity contribution in [1.29, 1.82) is 0 Å². The Morgan fingerprint density at radius 1 is 1.25 bits per heavy atom. The van der Waals surface area contributed by atoms with Crippen LogP contribution in [0.15, 0.2) is 24.3 Å². The molecule has 0 radical (unpaired) electrons. The lowest BCUT2D eigenvalue weighted by Gasteiger charge is -2.32. The summed E-state index contributed by atoms with van der Waals surface area (Å²) in [5.41, 5.74) is 0.632. The first-order valence-corrected chi connectivity index (χ1v) is 8.68. The number of rotatable bonds is 3. The fourth-order valence-corrected chi connectivity index (χ4v) is 3.65. The molecule has 1 N–H and O–H groups in total. The predicted octanol–water partition coefficient (Wildman–Crippen LogP) is 1.29. The molecule has 0 saturated carbocycles. The third-order valence-electron chi connectivity index (χ3n) is 4.17. The molecule has 0 spiro atoms.